The van der Waals surface area contributed by atoms with Crippen molar-refractivity contribution in [1.29, 1.82) is 0 Å². The Kier molecular flexibility index (Phi) is 6.46. The molecule has 0 aliphatic rings. The van der Waals surface area contributed by atoms with E-state index in [1.807, 2.05) is 32.9 Å². The first-order chi connectivity index (χ1) is 13.8. The molecule has 1 aromatic heterocycles. The first-order valence-electron chi connectivity index (χ1n) is 9.14. The zero-order valence-electron chi connectivity index (χ0n) is 16.5. The predicted molar refractivity (Wildman–Crippen MR) is 116 cm³/mol. The lowest BCUT2D eigenvalue weighted by atomic mass is 10.1. The van der Waals surface area contributed by atoms with Gasteiger partial charge in [0, 0.05) is 24.0 Å². The maximum absolute atomic E-state index is 12.3. The van der Waals surface area contributed by atoms with E-state index in [1.165, 1.54) is 16.9 Å². The summed E-state index contributed by atoms with van der Waals surface area (Å²) in [5.74, 6) is -0.327. The van der Waals surface area contributed by atoms with Gasteiger partial charge in [0.2, 0.25) is 10.0 Å². The largest absolute Gasteiger partial charge is 0.349 e. The Hall–Kier alpha value is -2.55. The smallest absolute Gasteiger partial charge is 0.270 e. The van der Waals surface area contributed by atoms with Gasteiger partial charge in [0.1, 0.15) is 10.7 Å². The van der Waals surface area contributed by atoms with E-state index in [0.29, 0.717) is 5.69 Å². The maximum Gasteiger partial charge on any atom is 0.270 e. The minimum absolute atomic E-state index is 0.0933. The van der Waals surface area contributed by atoms with Gasteiger partial charge in [-0.3, -0.25) is 4.79 Å². The number of aromatic nitrogens is 1. The molecule has 0 spiro atoms. The number of thiazole rings is 1. The van der Waals surface area contributed by atoms with Gasteiger partial charge in [-0.15, -0.1) is 11.3 Å². The summed E-state index contributed by atoms with van der Waals surface area (Å²) in [6.07, 6.45) is 0. The maximum atomic E-state index is 12.3. The number of nitrogens with one attached hydrogen (secondary N) is 2. The lowest BCUT2D eigenvalue weighted by molar-refractivity contribution is 0.0950. The van der Waals surface area contributed by atoms with Crippen LogP contribution in [-0.2, 0) is 10.0 Å². The summed E-state index contributed by atoms with van der Waals surface area (Å²) in [6, 6.07) is 12.7. The molecule has 0 aliphatic heterocycles. The number of carbonyl (C=O) groups is 1. The summed E-state index contributed by atoms with van der Waals surface area (Å²) in [5, 5.41) is 5.19. The van der Waals surface area contributed by atoms with Gasteiger partial charge >= 0.3 is 0 Å². The zero-order valence-corrected chi connectivity index (χ0v) is 18.2. The molecule has 0 saturated heterocycles. The van der Waals surface area contributed by atoms with Crippen LogP contribution in [0.1, 0.15) is 27.2 Å². The topological polar surface area (TPSA) is 88.2 Å². The SMILES string of the molecule is Cc1ccc(S(=O)(=O)NCCNC(=O)c2csc(-c3ccc(C)cc3C)n2)cc1. The van der Waals surface area contributed by atoms with Crippen LogP contribution in [0.3, 0.4) is 0 Å². The molecule has 0 saturated carbocycles. The van der Waals surface area contributed by atoms with Crippen LogP contribution in [0.4, 0.5) is 0 Å². The van der Waals surface area contributed by atoms with E-state index in [9.17, 15) is 13.2 Å². The summed E-state index contributed by atoms with van der Waals surface area (Å²) in [5.41, 5.74) is 4.60. The Balaban J connectivity index is 1.55. The molecule has 0 radical (unpaired) electrons. The molecule has 0 unspecified atom stereocenters. The van der Waals surface area contributed by atoms with Gasteiger partial charge in [-0.05, 0) is 38.5 Å². The van der Waals surface area contributed by atoms with Crippen LogP contribution in [0.25, 0.3) is 10.6 Å². The van der Waals surface area contributed by atoms with Gasteiger partial charge in [-0.2, -0.15) is 0 Å². The summed E-state index contributed by atoms with van der Waals surface area (Å²) in [7, 11) is -3.59. The second-order valence-corrected chi connectivity index (χ2v) is 9.45. The number of amides is 1. The average Bonchev–Trinajstić information content (AvgIpc) is 3.15. The molecule has 2 N–H and O–H groups in total. The van der Waals surface area contributed by atoms with Crippen molar-refractivity contribution in [3.8, 4) is 10.6 Å². The fraction of sp³-hybridized carbons (Fsp3) is 0.238. The second kappa shape index (κ2) is 8.86. The first kappa shape index (κ1) is 21.2. The Labute approximate surface area is 175 Å². The van der Waals surface area contributed by atoms with Crippen molar-refractivity contribution in [3.63, 3.8) is 0 Å². The molecule has 29 heavy (non-hydrogen) atoms. The van der Waals surface area contributed by atoms with Crippen LogP contribution >= 0.6 is 11.3 Å². The zero-order chi connectivity index (χ0) is 21.0. The predicted octanol–water partition coefficient (Wildman–Crippen LogP) is 3.44. The number of sulfonamides is 1. The third-order valence-electron chi connectivity index (χ3n) is 4.38. The van der Waals surface area contributed by atoms with Gasteiger partial charge in [0.15, 0.2) is 0 Å². The number of carbonyl (C=O) groups excluding carboxylic acids is 1. The molecule has 0 atom stereocenters. The summed E-state index contributed by atoms with van der Waals surface area (Å²) in [4.78, 5) is 16.9. The molecular formula is C21H23N3O3S2. The lowest BCUT2D eigenvalue weighted by Gasteiger charge is -2.08. The molecule has 3 aromatic rings. The Bertz CT molecular complexity index is 1120. The van der Waals surface area contributed by atoms with Crippen molar-refractivity contribution in [2.75, 3.05) is 13.1 Å². The summed E-state index contributed by atoms with van der Waals surface area (Å²) in [6.45, 7) is 6.20. The molecular weight excluding hydrogens is 406 g/mol. The van der Waals surface area contributed by atoms with Gasteiger partial charge in [-0.25, -0.2) is 18.1 Å². The molecule has 1 heterocycles. The van der Waals surface area contributed by atoms with Crippen LogP contribution in [0.15, 0.2) is 52.7 Å². The third-order valence-corrected chi connectivity index (χ3v) is 6.74. The fourth-order valence-electron chi connectivity index (χ4n) is 2.81. The average molecular weight is 430 g/mol. The summed E-state index contributed by atoms with van der Waals surface area (Å²) < 4.78 is 27.0. The number of hydrogen-bond donors (Lipinski definition) is 2. The Morgan fingerprint density at radius 1 is 1.00 bits per heavy atom. The van der Waals surface area contributed by atoms with Crippen molar-refractivity contribution < 1.29 is 13.2 Å². The number of rotatable bonds is 7. The van der Waals surface area contributed by atoms with E-state index in [-0.39, 0.29) is 23.9 Å². The van der Waals surface area contributed by atoms with Gasteiger partial charge in [0.25, 0.3) is 5.91 Å². The van der Waals surface area contributed by atoms with Crippen molar-refractivity contribution >= 4 is 27.3 Å². The monoisotopic (exact) mass is 429 g/mol. The van der Waals surface area contributed by atoms with E-state index >= 15 is 0 Å². The highest BCUT2D eigenvalue weighted by atomic mass is 32.2. The van der Waals surface area contributed by atoms with E-state index in [1.54, 1.807) is 29.6 Å². The van der Waals surface area contributed by atoms with Crippen molar-refractivity contribution in [1.82, 2.24) is 15.0 Å². The van der Waals surface area contributed by atoms with Gasteiger partial charge < -0.3 is 5.32 Å². The highest BCUT2D eigenvalue weighted by Gasteiger charge is 2.15. The Morgan fingerprint density at radius 3 is 2.38 bits per heavy atom. The van der Waals surface area contributed by atoms with Gasteiger partial charge in [0.05, 0.1) is 4.90 Å². The standard InChI is InChI=1S/C21H23N3O3S2/c1-14-4-7-17(8-5-14)29(26,27)23-11-10-22-20(25)19-13-28-21(24-19)18-9-6-15(2)12-16(18)3/h4-9,12-13,23H,10-11H2,1-3H3,(H,22,25). The number of benzene rings is 2. The van der Waals surface area contributed by atoms with E-state index < -0.39 is 10.0 Å². The van der Waals surface area contributed by atoms with Crippen LogP contribution in [-0.4, -0.2) is 32.4 Å². The normalized spacial score (nSPS) is 11.4. The molecule has 3 rings (SSSR count). The van der Waals surface area contributed by atoms with Crippen LogP contribution < -0.4 is 10.0 Å². The first-order valence-corrected chi connectivity index (χ1v) is 11.5. The molecule has 0 aliphatic carbocycles. The molecule has 1 amide bonds. The molecule has 0 bridgehead atoms. The number of aryl methyl sites for hydroxylation is 3. The highest BCUT2D eigenvalue weighted by molar-refractivity contribution is 7.89. The fourth-order valence-corrected chi connectivity index (χ4v) is 4.73. The Morgan fingerprint density at radius 2 is 1.69 bits per heavy atom. The summed E-state index contributed by atoms with van der Waals surface area (Å²) >= 11 is 1.41. The minimum atomic E-state index is -3.59. The third kappa shape index (κ3) is 5.29. The minimum Gasteiger partial charge on any atom is -0.349 e. The number of nitrogens with zero attached hydrogens (tertiary/aromatic N) is 1. The van der Waals surface area contributed by atoms with Crippen LogP contribution in [0.2, 0.25) is 0 Å². The molecule has 152 valence electrons. The van der Waals surface area contributed by atoms with Gasteiger partial charge in [-0.1, -0.05) is 41.5 Å². The molecule has 6 nitrogen and oxygen atoms in total. The second-order valence-electron chi connectivity index (χ2n) is 6.82. The quantitative estimate of drug-likeness (QED) is 0.563. The van der Waals surface area contributed by atoms with Crippen molar-refractivity contribution in [3.05, 3.63) is 70.2 Å². The van der Waals surface area contributed by atoms with Crippen molar-refractivity contribution in [2.45, 2.75) is 25.7 Å². The van der Waals surface area contributed by atoms with Crippen molar-refractivity contribution in [2.24, 2.45) is 0 Å². The van der Waals surface area contributed by atoms with Crippen LogP contribution in [0.5, 0.6) is 0 Å². The molecule has 0 fully saturated rings. The molecule has 8 heteroatoms. The highest BCUT2D eigenvalue weighted by Crippen LogP contribution is 2.27. The van der Waals surface area contributed by atoms with Crippen LogP contribution in [0, 0.1) is 20.8 Å². The number of hydrogen-bond acceptors (Lipinski definition) is 5. The van der Waals surface area contributed by atoms with E-state index in [2.05, 4.69) is 21.1 Å². The lowest BCUT2D eigenvalue weighted by Crippen LogP contribution is -2.34. The molecule has 2 aromatic carbocycles. The van der Waals surface area contributed by atoms with E-state index in [0.717, 1.165) is 21.7 Å². The van der Waals surface area contributed by atoms with E-state index in [4.69, 9.17) is 0 Å².